The summed E-state index contributed by atoms with van der Waals surface area (Å²) in [5.74, 6) is -1.60. The van der Waals surface area contributed by atoms with E-state index in [2.05, 4.69) is 0 Å². The van der Waals surface area contributed by atoms with Gasteiger partial charge in [-0.2, -0.15) is 0 Å². The van der Waals surface area contributed by atoms with Crippen molar-refractivity contribution in [2.24, 2.45) is 0 Å². The maximum atomic E-state index is 14.4. The van der Waals surface area contributed by atoms with Crippen LogP contribution in [0.4, 0.5) is 10.1 Å². The first-order valence-electron chi connectivity index (χ1n) is 9.01. The second-order valence-corrected chi connectivity index (χ2v) is 7.67. The number of hydrogen-bond donors (Lipinski definition) is 0. The van der Waals surface area contributed by atoms with Crippen LogP contribution >= 0.6 is 11.8 Å². The van der Waals surface area contributed by atoms with Crippen molar-refractivity contribution in [3.8, 4) is 0 Å². The van der Waals surface area contributed by atoms with Gasteiger partial charge in [0.2, 0.25) is 0 Å². The molecule has 4 rings (SSSR count). The van der Waals surface area contributed by atoms with Crippen molar-refractivity contribution in [1.29, 1.82) is 0 Å². The van der Waals surface area contributed by atoms with Crippen LogP contribution in [0.1, 0.15) is 5.56 Å². The van der Waals surface area contributed by atoms with Gasteiger partial charge in [0.25, 0.3) is 11.8 Å². The van der Waals surface area contributed by atoms with E-state index in [4.69, 9.17) is 4.74 Å². The summed E-state index contributed by atoms with van der Waals surface area (Å²) in [5.41, 5.74) is 1.40. The van der Waals surface area contributed by atoms with Crippen LogP contribution in [0, 0.1) is 12.7 Å². The predicted molar refractivity (Wildman–Crippen MR) is 105 cm³/mol. The van der Waals surface area contributed by atoms with Gasteiger partial charge in [-0.3, -0.25) is 9.59 Å². The average Bonchev–Trinajstić information content (AvgIpc) is 2.95. The Morgan fingerprint density at radius 2 is 1.64 bits per heavy atom. The van der Waals surface area contributed by atoms with Gasteiger partial charge in [0, 0.05) is 18.0 Å². The molecule has 2 amide bonds. The van der Waals surface area contributed by atoms with Gasteiger partial charge < -0.3 is 9.64 Å². The van der Waals surface area contributed by atoms with E-state index in [0.29, 0.717) is 36.9 Å². The largest absolute Gasteiger partial charge is 0.378 e. The third kappa shape index (κ3) is 3.43. The molecular weight excluding hydrogens is 379 g/mol. The summed E-state index contributed by atoms with van der Waals surface area (Å²) in [6, 6.07) is 13.6. The van der Waals surface area contributed by atoms with Crippen LogP contribution < -0.4 is 4.90 Å². The van der Waals surface area contributed by atoms with Crippen LogP contribution in [0.15, 0.2) is 64.0 Å². The smallest absolute Gasteiger partial charge is 0.283 e. The normalized spacial score (nSPS) is 17.6. The molecule has 0 bridgehead atoms. The molecule has 7 heteroatoms. The minimum absolute atomic E-state index is 0.0252. The SMILES string of the molecule is Cc1ccc(SC2=C(N3CCOCC3)C(=O)N(c3ccccc3F)C2=O)cc1. The number of rotatable bonds is 4. The summed E-state index contributed by atoms with van der Waals surface area (Å²) in [6.07, 6.45) is 0. The number of ether oxygens (including phenoxy) is 1. The molecule has 28 heavy (non-hydrogen) atoms. The Morgan fingerprint density at radius 1 is 0.964 bits per heavy atom. The predicted octanol–water partition coefficient (Wildman–Crippen LogP) is 3.34. The number of hydrogen-bond acceptors (Lipinski definition) is 5. The lowest BCUT2D eigenvalue weighted by Crippen LogP contribution is -2.40. The highest BCUT2D eigenvalue weighted by molar-refractivity contribution is 8.04. The molecule has 2 aliphatic rings. The number of thioether (sulfide) groups is 1. The topological polar surface area (TPSA) is 49.9 Å². The van der Waals surface area contributed by atoms with E-state index in [1.54, 1.807) is 6.07 Å². The van der Waals surface area contributed by atoms with Gasteiger partial charge in [0.05, 0.1) is 18.9 Å². The maximum Gasteiger partial charge on any atom is 0.283 e. The zero-order valence-corrected chi connectivity index (χ0v) is 16.2. The van der Waals surface area contributed by atoms with E-state index in [0.717, 1.165) is 15.4 Å². The van der Waals surface area contributed by atoms with Crippen LogP contribution in [0.2, 0.25) is 0 Å². The Hall–Kier alpha value is -2.64. The van der Waals surface area contributed by atoms with E-state index in [9.17, 15) is 14.0 Å². The molecule has 2 heterocycles. The molecule has 5 nitrogen and oxygen atoms in total. The Labute approximate surface area is 166 Å². The number of para-hydroxylation sites is 1. The monoisotopic (exact) mass is 398 g/mol. The third-order valence-electron chi connectivity index (χ3n) is 4.68. The number of amides is 2. The van der Waals surface area contributed by atoms with Gasteiger partial charge >= 0.3 is 0 Å². The van der Waals surface area contributed by atoms with Crippen LogP contribution in [-0.4, -0.2) is 43.0 Å². The summed E-state index contributed by atoms with van der Waals surface area (Å²) in [7, 11) is 0. The van der Waals surface area contributed by atoms with Gasteiger partial charge in [0.15, 0.2) is 0 Å². The number of imide groups is 1. The molecule has 2 aromatic carbocycles. The number of carbonyl (C=O) groups is 2. The molecule has 0 aromatic heterocycles. The minimum atomic E-state index is -0.605. The number of nitrogens with zero attached hydrogens (tertiary/aromatic N) is 2. The Kier molecular flexibility index (Phi) is 5.19. The molecule has 0 aliphatic carbocycles. The minimum Gasteiger partial charge on any atom is -0.378 e. The number of aryl methyl sites for hydroxylation is 1. The first-order valence-corrected chi connectivity index (χ1v) is 9.82. The molecular formula is C21H19FN2O3S. The van der Waals surface area contributed by atoms with Crippen molar-refractivity contribution in [2.45, 2.75) is 11.8 Å². The molecule has 0 N–H and O–H groups in total. The lowest BCUT2D eigenvalue weighted by Gasteiger charge is -2.29. The lowest BCUT2D eigenvalue weighted by atomic mass is 10.2. The molecule has 2 aliphatic heterocycles. The van der Waals surface area contributed by atoms with Gasteiger partial charge in [-0.25, -0.2) is 9.29 Å². The zero-order chi connectivity index (χ0) is 19.7. The summed E-state index contributed by atoms with van der Waals surface area (Å²) in [6.45, 7) is 3.96. The van der Waals surface area contributed by atoms with Crippen LogP contribution in [0.3, 0.4) is 0 Å². The number of carbonyl (C=O) groups excluding carboxylic acids is 2. The standard InChI is InChI=1S/C21H19FN2O3S/c1-14-6-8-15(9-7-14)28-19-18(23-10-12-27-13-11-23)20(25)24(21(19)26)17-5-3-2-4-16(17)22/h2-9H,10-13H2,1H3. The number of benzene rings is 2. The summed E-state index contributed by atoms with van der Waals surface area (Å²) in [5, 5.41) is 0. The molecule has 0 radical (unpaired) electrons. The number of anilines is 1. The third-order valence-corrected chi connectivity index (χ3v) is 5.76. The number of morpholine rings is 1. The molecule has 1 fully saturated rings. The lowest BCUT2D eigenvalue weighted by molar-refractivity contribution is -0.121. The number of halogens is 1. The molecule has 0 spiro atoms. The van der Waals surface area contributed by atoms with E-state index in [-0.39, 0.29) is 5.69 Å². The van der Waals surface area contributed by atoms with Crippen molar-refractivity contribution in [3.05, 3.63) is 70.5 Å². The fourth-order valence-electron chi connectivity index (χ4n) is 3.23. The quantitative estimate of drug-likeness (QED) is 0.740. The molecule has 1 saturated heterocycles. The van der Waals surface area contributed by atoms with Crippen molar-refractivity contribution < 1.29 is 18.7 Å². The average molecular weight is 398 g/mol. The highest BCUT2D eigenvalue weighted by Crippen LogP contribution is 2.39. The Morgan fingerprint density at radius 3 is 2.32 bits per heavy atom. The van der Waals surface area contributed by atoms with Gasteiger partial charge in [0.1, 0.15) is 16.4 Å². The Balaban J connectivity index is 1.75. The second kappa shape index (κ2) is 7.77. The summed E-state index contributed by atoms with van der Waals surface area (Å²) in [4.78, 5) is 30.4. The molecule has 0 saturated carbocycles. The van der Waals surface area contributed by atoms with E-state index >= 15 is 0 Å². The van der Waals surface area contributed by atoms with Crippen LogP contribution in [-0.2, 0) is 14.3 Å². The zero-order valence-electron chi connectivity index (χ0n) is 15.4. The van der Waals surface area contributed by atoms with Crippen molar-refractivity contribution in [3.63, 3.8) is 0 Å². The van der Waals surface area contributed by atoms with Gasteiger partial charge in [-0.05, 0) is 31.2 Å². The maximum absolute atomic E-state index is 14.4. The van der Waals surface area contributed by atoms with E-state index in [1.165, 1.54) is 30.0 Å². The molecule has 0 unspecified atom stereocenters. The summed E-state index contributed by atoms with van der Waals surface area (Å²) < 4.78 is 19.7. The van der Waals surface area contributed by atoms with Crippen LogP contribution in [0.5, 0.6) is 0 Å². The second-order valence-electron chi connectivity index (χ2n) is 6.59. The summed E-state index contributed by atoms with van der Waals surface area (Å²) >= 11 is 1.24. The first kappa shape index (κ1) is 18.7. The fraction of sp³-hybridized carbons (Fsp3) is 0.238. The Bertz CT molecular complexity index is 952. The van der Waals surface area contributed by atoms with Crippen molar-refractivity contribution in [2.75, 3.05) is 31.2 Å². The molecule has 2 aromatic rings. The fourth-order valence-corrected chi connectivity index (χ4v) is 4.23. The highest BCUT2D eigenvalue weighted by atomic mass is 32.2. The first-order chi connectivity index (χ1) is 13.6. The van der Waals surface area contributed by atoms with Gasteiger partial charge in [-0.15, -0.1) is 0 Å². The van der Waals surface area contributed by atoms with Crippen molar-refractivity contribution in [1.82, 2.24) is 4.90 Å². The van der Waals surface area contributed by atoms with Crippen molar-refractivity contribution >= 4 is 29.3 Å². The van der Waals surface area contributed by atoms with E-state index in [1.807, 2.05) is 36.1 Å². The molecule has 144 valence electrons. The van der Waals surface area contributed by atoms with E-state index < -0.39 is 17.6 Å². The molecule has 0 atom stereocenters. The van der Waals surface area contributed by atoms with Crippen LogP contribution in [0.25, 0.3) is 0 Å². The highest BCUT2D eigenvalue weighted by Gasteiger charge is 2.43. The van der Waals surface area contributed by atoms with Gasteiger partial charge in [-0.1, -0.05) is 41.6 Å².